The van der Waals surface area contributed by atoms with Gasteiger partial charge in [0.05, 0.1) is 25.3 Å². The Morgan fingerprint density at radius 3 is 2.91 bits per heavy atom. The fourth-order valence-corrected chi connectivity index (χ4v) is 2.38. The summed E-state index contributed by atoms with van der Waals surface area (Å²) in [4.78, 5) is 0. The molecular formula is C17H14FNO4. The fourth-order valence-electron chi connectivity index (χ4n) is 2.38. The van der Waals surface area contributed by atoms with E-state index in [1.807, 2.05) is 6.07 Å². The first-order valence-electron chi connectivity index (χ1n) is 6.94. The summed E-state index contributed by atoms with van der Waals surface area (Å²) in [5.41, 5.74) is 1.72. The number of hydrogen-bond acceptors (Lipinski definition) is 5. The Morgan fingerprint density at radius 2 is 2.13 bits per heavy atom. The van der Waals surface area contributed by atoms with Crippen LogP contribution >= 0.6 is 0 Å². The molecular weight excluding hydrogens is 301 g/mol. The zero-order chi connectivity index (χ0) is 16.2. The van der Waals surface area contributed by atoms with Crippen LogP contribution in [0.1, 0.15) is 16.7 Å². The molecule has 0 bridgehead atoms. The van der Waals surface area contributed by atoms with Gasteiger partial charge in [0.1, 0.15) is 18.2 Å². The molecule has 5 nitrogen and oxygen atoms in total. The Balaban J connectivity index is 1.84. The van der Waals surface area contributed by atoms with Crippen LogP contribution in [-0.2, 0) is 18.0 Å². The number of rotatable bonds is 4. The second-order valence-corrected chi connectivity index (χ2v) is 4.93. The van der Waals surface area contributed by atoms with Gasteiger partial charge in [-0.15, -0.1) is 0 Å². The van der Waals surface area contributed by atoms with Gasteiger partial charge < -0.3 is 18.9 Å². The van der Waals surface area contributed by atoms with E-state index in [0.29, 0.717) is 40.5 Å². The van der Waals surface area contributed by atoms with Crippen LogP contribution in [0.2, 0.25) is 0 Å². The van der Waals surface area contributed by atoms with E-state index in [9.17, 15) is 4.39 Å². The van der Waals surface area contributed by atoms with Crippen molar-refractivity contribution in [2.75, 3.05) is 13.9 Å². The molecule has 23 heavy (non-hydrogen) atoms. The molecule has 1 heterocycles. The van der Waals surface area contributed by atoms with Crippen molar-refractivity contribution in [3.63, 3.8) is 0 Å². The van der Waals surface area contributed by atoms with Crippen LogP contribution < -0.4 is 14.2 Å². The minimum absolute atomic E-state index is 0.113. The maximum Gasteiger partial charge on any atom is 0.189 e. The third kappa shape index (κ3) is 3.20. The molecule has 0 unspecified atom stereocenters. The summed E-state index contributed by atoms with van der Waals surface area (Å²) >= 11 is 0. The van der Waals surface area contributed by atoms with Crippen molar-refractivity contribution in [3.8, 4) is 23.3 Å². The topological polar surface area (TPSA) is 60.7 Å². The van der Waals surface area contributed by atoms with Crippen molar-refractivity contribution in [1.29, 1.82) is 5.26 Å². The van der Waals surface area contributed by atoms with Crippen LogP contribution in [-0.4, -0.2) is 13.9 Å². The third-order valence-corrected chi connectivity index (χ3v) is 3.43. The van der Waals surface area contributed by atoms with E-state index in [4.69, 9.17) is 24.2 Å². The lowest BCUT2D eigenvalue weighted by Crippen LogP contribution is -2.14. The summed E-state index contributed by atoms with van der Waals surface area (Å²) in [7, 11) is 1.49. The minimum Gasteiger partial charge on any atom is -0.493 e. The van der Waals surface area contributed by atoms with Crippen molar-refractivity contribution in [2.24, 2.45) is 0 Å². The first kappa shape index (κ1) is 15.1. The summed E-state index contributed by atoms with van der Waals surface area (Å²) in [6.07, 6.45) is 0. The molecule has 0 spiro atoms. The highest BCUT2D eigenvalue weighted by molar-refractivity contribution is 5.47. The number of nitriles is 1. The van der Waals surface area contributed by atoms with Crippen molar-refractivity contribution in [3.05, 3.63) is 52.8 Å². The quantitative estimate of drug-likeness (QED) is 0.867. The Hall–Kier alpha value is -2.78. The van der Waals surface area contributed by atoms with Gasteiger partial charge in [-0.05, 0) is 24.3 Å². The first-order chi connectivity index (χ1) is 11.2. The van der Waals surface area contributed by atoms with Crippen LogP contribution in [0.3, 0.4) is 0 Å². The molecule has 0 aliphatic carbocycles. The minimum atomic E-state index is -0.372. The Bertz CT molecular complexity index is 770. The Kier molecular flexibility index (Phi) is 4.31. The second kappa shape index (κ2) is 6.55. The summed E-state index contributed by atoms with van der Waals surface area (Å²) in [5.74, 6) is 1.13. The normalized spacial score (nSPS) is 12.7. The zero-order valence-electron chi connectivity index (χ0n) is 12.5. The van der Waals surface area contributed by atoms with E-state index in [0.717, 1.165) is 0 Å². The maximum absolute atomic E-state index is 13.7. The van der Waals surface area contributed by atoms with Crippen LogP contribution in [0.4, 0.5) is 4.39 Å². The molecule has 2 aromatic rings. The molecule has 2 aromatic carbocycles. The van der Waals surface area contributed by atoms with E-state index in [-0.39, 0.29) is 19.2 Å². The van der Waals surface area contributed by atoms with E-state index < -0.39 is 0 Å². The molecule has 0 fully saturated rings. The van der Waals surface area contributed by atoms with Crippen LogP contribution in [0.5, 0.6) is 17.2 Å². The summed E-state index contributed by atoms with van der Waals surface area (Å²) < 4.78 is 35.2. The maximum atomic E-state index is 13.7. The molecule has 1 aliphatic rings. The van der Waals surface area contributed by atoms with Crippen LogP contribution in [0.25, 0.3) is 0 Å². The van der Waals surface area contributed by atoms with Gasteiger partial charge in [0.2, 0.25) is 0 Å². The van der Waals surface area contributed by atoms with Gasteiger partial charge in [0, 0.05) is 17.2 Å². The molecule has 0 aromatic heterocycles. The fraction of sp³-hybridized carbons (Fsp3) is 0.235. The lowest BCUT2D eigenvalue weighted by Gasteiger charge is -2.21. The highest BCUT2D eigenvalue weighted by atomic mass is 19.1. The standard InChI is InChI=1S/C17H14FNO4/c1-20-16-4-11(7-19)2-3-15(16)22-9-13-6-14(18)5-12-8-21-10-23-17(12)13/h2-6H,8-10H2,1H3. The summed E-state index contributed by atoms with van der Waals surface area (Å²) in [6.45, 7) is 0.550. The van der Waals surface area contributed by atoms with Crippen LogP contribution in [0, 0.1) is 17.1 Å². The van der Waals surface area contributed by atoms with Crippen molar-refractivity contribution < 1.29 is 23.3 Å². The number of benzene rings is 2. The van der Waals surface area contributed by atoms with Crippen molar-refractivity contribution in [1.82, 2.24) is 0 Å². The molecule has 0 saturated heterocycles. The largest absolute Gasteiger partial charge is 0.493 e. The third-order valence-electron chi connectivity index (χ3n) is 3.43. The molecule has 0 atom stereocenters. The molecule has 6 heteroatoms. The number of halogens is 1. The van der Waals surface area contributed by atoms with E-state index in [2.05, 4.69) is 0 Å². The highest BCUT2D eigenvalue weighted by Gasteiger charge is 2.18. The van der Waals surface area contributed by atoms with Gasteiger partial charge in [0.15, 0.2) is 18.3 Å². The predicted molar refractivity (Wildman–Crippen MR) is 78.7 cm³/mol. The summed E-state index contributed by atoms with van der Waals surface area (Å²) in [5, 5.41) is 8.90. The number of nitrogens with zero attached hydrogens (tertiary/aromatic N) is 1. The Morgan fingerprint density at radius 1 is 1.26 bits per heavy atom. The Labute approximate surface area is 132 Å². The smallest absolute Gasteiger partial charge is 0.189 e. The number of hydrogen-bond donors (Lipinski definition) is 0. The monoisotopic (exact) mass is 315 g/mol. The summed E-state index contributed by atoms with van der Waals surface area (Å²) in [6, 6.07) is 9.65. The highest BCUT2D eigenvalue weighted by Crippen LogP contribution is 2.32. The zero-order valence-corrected chi connectivity index (χ0v) is 12.5. The van der Waals surface area contributed by atoms with Gasteiger partial charge in [0.25, 0.3) is 0 Å². The van der Waals surface area contributed by atoms with Gasteiger partial charge in [-0.3, -0.25) is 0 Å². The molecule has 0 radical (unpaired) electrons. The van der Waals surface area contributed by atoms with Gasteiger partial charge in [-0.25, -0.2) is 4.39 Å². The van der Waals surface area contributed by atoms with Gasteiger partial charge >= 0.3 is 0 Å². The lowest BCUT2D eigenvalue weighted by molar-refractivity contribution is -0.0178. The van der Waals surface area contributed by atoms with E-state index in [1.54, 1.807) is 18.2 Å². The average molecular weight is 315 g/mol. The van der Waals surface area contributed by atoms with Crippen molar-refractivity contribution >= 4 is 0 Å². The van der Waals surface area contributed by atoms with Crippen LogP contribution in [0.15, 0.2) is 30.3 Å². The molecule has 0 N–H and O–H groups in total. The van der Waals surface area contributed by atoms with E-state index >= 15 is 0 Å². The van der Waals surface area contributed by atoms with Gasteiger partial charge in [-0.2, -0.15) is 5.26 Å². The number of methoxy groups -OCH3 is 1. The van der Waals surface area contributed by atoms with Crippen molar-refractivity contribution in [2.45, 2.75) is 13.2 Å². The van der Waals surface area contributed by atoms with Gasteiger partial charge in [-0.1, -0.05) is 0 Å². The number of ether oxygens (including phenoxy) is 4. The molecule has 1 aliphatic heterocycles. The lowest BCUT2D eigenvalue weighted by atomic mass is 10.1. The van der Waals surface area contributed by atoms with E-state index in [1.165, 1.54) is 19.2 Å². The second-order valence-electron chi connectivity index (χ2n) is 4.93. The molecule has 0 saturated carbocycles. The molecule has 118 valence electrons. The number of fused-ring (bicyclic) bond motifs is 1. The molecule has 3 rings (SSSR count). The predicted octanol–water partition coefficient (Wildman–Crippen LogP) is 3.15. The average Bonchev–Trinajstić information content (AvgIpc) is 2.59. The molecule has 0 amide bonds. The first-order valence-corrected chi connectivity index (χ1v) is 6.94. The SMILES string of the molecule is COc1cc(C#N)ccc1OCc1cc(F)cc2c1OCOC2.